The summed E-state index contributed by atoms with van der Waals surface area (Å²) in [5.41, 5.74) is 7.35. The number of anilines is 1. The molecule has 2 rings (SSSR count). The average molecular weight is 259 g/mol. The summed E-state index contributed by atoms with van der Waals surface area (Å²) in [7, 11) is 0. The first kappa shape index (κ1) is 13.1. The number of esters is 1. The lowest BCUT2D eigenvalue weighted by Gasteiger charge is -2.07. The van der Waals surface area contributed by atoms with Crippen molar-refractivity contribution >= 4 is 11.7 Å². The zero-order valence-corrected chi connectivity index (χ0v) is 10.3. The van der Waals surface area contributed by atoms with Crippen LogP contribution in [0.25, 0.3) is 0 Å². The molecule has 0 amide bonds. The van der Waals surface area contributed by atoms with Gasteiger partial charge in [0.2, 0.25) is 0 Å². The van der Waals surface area contributed by atoms with Crippen LogP contribution in [0.5, 0.6) is 0 Å². The molecule has 0 bridgehead atoms. The molecule has 4 heteroatoms. The second kappa shape index (κ2) is 6.00. The Hall–Kier alpha value is -2.36. The molecule has 19 heavy (non-hydrogen) atoms. The molecule has 3 nitrogen and oxygen atoms in total. The molecule has 0 radical (unpaired) electrons. The molecule has 0 atom stereocenters. The van der Waals surface area contributed by atoms with Crippen molar-refractivity contribution in [2.75, 3.05) is 5.73 Å². The molecule has 0 saturated heterocycles. The third kappa shape index (κ3) is 3.55. The van der Waals surface area contributed by atoms with E-state index in [9.17, 15) is 9.18 Å². The number of carbonyl (C=O) groups excluding carboxylic acids is 1. The highest BCUT2D eigenvalue weighted by atomic mass is 19.1. The zero-order chi connectivity index (χ0) is 13.7. The van der Waals surface area contributed by atoms with E-state index in [2.05, 4.69) is 0 Å². The predicted octanol–water partition coefficient (Wildman–Crippen LogP) is 2.69. The van der Waals surface area contributed by atoms with Crippen LogP contribution in [-0.4, -0.2) is 5.97 Å². The zero-order valence-electron chi connectivity index (χ0n) is 10.3. The van der Waals surface area contributed by atoms with Crippen molar-refractivity contribution in [1.29, 1.82) is 0 Å². The summed E-state index contributed by atoms with van der Waals surface area (Å²) in [5, 5.41) is 0. The number of para-hydroxylation sites is 1. The molecule has 0 unspecified atom stereocenters. The maximum absolute atomic E-state index is 13.3. The first-order chi connectivity index (χ1) is 9.16. The Labute approximate surface area is 110 Å². The number of rotatable bonds is 4. The Bertz CT molecular complexity index is 584. The van der Waals surface area contributed by atoms with E-state index in [1.807, 2.05) is 0 Å². The van der Waals surface area contributed by atoms with Gasteiger partial charge in [-0.05, 0) is 17.7 Å². The minimum Gasteiger partial charge on any atom is -0.460 e. The number of hydrogen-bond acceptors (Lipinski definition) is 3. The summed E-state index contributed by atoms with van der Waals surface area (Å²) in [5.74, 6) is -0.810. The van der Waals surface area contributed by atoms with Gasteiger partial charge in [0.25, 0.3) is 0 Å². The maximum Gasteiger partial charge on any atom is 0.310 e. The third-order valence-electron chi connectivity index (χ3n) is 2.74. The predicted molar refractivity (Wildman–Crippen MR) is 70.8 cm³/mol. The molecule has 2 aromatic rings. The molecule has 0 heterocycles. The average Bonchev–Trinajstić information content (AvgIpc) is 2.40. The molecule has 0 aliphatic carbocycles. The maximum atomic E-state index is 13.3. The lowest BCUT2D eigenvalue weighted by molar-refractivity contribution is -0.144. The minimum absolute atomic E-state index is 0.0712. The van der Waals surface area contributed by atoms with Crippen molar-refractivity contribution in [2.24, 2.45) is 0 Å². The van der Waals surface area contributed by atoms with Crippen LogP contribution in [0.2, 0.25) is 0 Å². The number of hydrogen-bond donors (Lipinski definition) is 1. The Morgan fingerprint density at radius 2 is 1.68 bits per heavy atom. The second-order valence-corrected chi connectivity index (χ2v) is 4.13. The molecule has 0 aliphatic rings. The van der Waals surface area contributed by atoms with E-state index in [1.54, 1.807) is 42.5 Å². The summed E-state index contributed by atoms with van der Waals surface area (Å²) in [6.07, 6.45) is 0.0845. The van der Waals surface area contributed by atoms with Crippen LogP contribution >= 0.6 is 0 Å². The van der Waals surface area contributed by atoms with Gasteiger partial charge in [0.05, 0.1) is 6.42 Å². The van der Waals surface area contributed by atoms with E-state index >= 15 is 0 Å². The number of nitrogens with two attached hydrogens (primary N) is 1. The fourth-order valence-electron chi connectivity index (χ4n) is 1.68. The Morgan fingerprint density at radius 3 is 2.37 bits per heavy atom. The van der Waals surface area contributed by atoms with Crippen molar-refractivity contribution in [2.45, 2.75) is 13.0 Å². The Morgan fingerprint density at radius 1 is 1.05 bits per heavy atom. The minimum atomic E-state index is -0.429. The van der Waals surface area contributed by atoms with Crippen LogP contribution in [-0.2, 0) is 22.6 Å². The van der Waals surface area contributed by atoms with E-state index in [-0.39, 0.29) is 18.8 Å². The van der Waals surface area contributed by atoms with Crippen molar-refractivity contribution in [3.05, 3.63) is 65.5 Å². The monoisotopic (exact) mass is 259 g/mol. The number of halogens is 1. The number of carbonyl (C=O) groups is 1. The number of benzene rings is 2. The van der Waals surface area contributed by atoms with Crippen LogP contribution in [0.4, 0.5) is 10.1 Å². The van der Waals surface area contributed by atoms with Gasteiger partial charge in [-0.1, -0.05) is 36.4 Å². The van der Waals surface area contributed by atoms with Crippen LogP contribution in [0.1, 0.15) is 11.1 Å². The topological polar surface area (TPSA) is 52.3 Å². The summed E-state index contributed by atoms with van der Waals surface area (Å²) in [6.45, 7) is -0.0712. The summed E-state index contributed by atoms with van der Waals surface area (Å²) < 4.78 is 18.4. The van der Waals surface area contributed by atoms with Crippen LogP contribution in [0.15, 0.2) is 48.5 Å². The normalized spacial score (nSPS) is 10.2. The molecule has 0 spiro atoms. The van der Waals surface area contributed by atoms with Crippen molar-refractivity contribution in [3.8, 4) is 0 Å². The van der Waals surface area contributed by atoms with E-state index in [1.165, 1.54) is 6.07 Å². The lowest BCUT2D eigenvalue weighted by Crippen LogP contribution is -2.10. The third-order valence-corrected chi connectivity index (χ3v) is 2.74. The van der Waals surface area contributed by atoms with Gasteiger partial charge in [0.1, 0.15) is 12.4 Å². The van der Waals surface area contributed by atoms with Crippen LogP contribution in [0.3, 0.4) is 0 Å². The highest BCUT2D eigenvalue weighted by Gasteiger charge is 2.09. The lowest BCUT2D eigenvalue weighted by atomic mass is 10.1. The van der Waals surface area contributed by atoms with Gasteiger partial charge in [-0.25, -0.2) is 4.39 Å². The van der Waals surface area contributed by atoms with Crippen molar-refractivity contribution in [3.63, 3.8) is 0 Å². The largest absolute Gasteiger partial charge is 0.460 e. The van der Waals surface area contributed by atoms with Crippen LogP contribution < -0.4 is 5.73 Å². The summed E-state index contributed by atoms with van der Waals surface area (Å²) >= 11 is 0. The van der Waals surface area contributed by atoms with Crippen molar-refractivity contribution in [1.82, 2.24) is 0 Å². The fraction of sp³-hybridized carbons (Fsp3) is 0.133. The van der Waals surface area contributed by atoms with E-state index in [0.717, 1.165) is 0 Å². The van der Waals surface area contributed by atoms with Gasteiger partial charge in [-0.15, -0.1) is 0 Å². The van der Waals surface area contributed by atoms with Gasteiger partial charge in [0.15, 0.2) is 0 Å². The number of ether oxygens (including phenoxy) is 1. The first-order valence-electron chi connectivity index (χ1n) is 5.89. The smallest absolute Gasteiger partial charge is 0.310 e. The molecule has 98 valence electrons. The van der Waals surface area contributed by atoms with E-state index in [4.69, 9.17) is 10.5 Å². The Kier molecular flexibility index (Phi) is 4.13. The van der Waals surface area contributed by atoms with E-state index in [0.29, 0.717) is 16.8 Å². The van der Waals surface area contributed by atoms with E-state index < -0.39 is 5.97 Å². The molecule has 0 saturated carbocycles. The highest BCUT2D eigenvalue weighted by molar-refractivity contribution is 5.74. The van der Waals surface area contributed by atoms with Gasteiger partial charge < -0.3 is 10.5 Å². The Balaban J connectivity index is 1.92. The first-order valence-corrected chi connectivity index (χ1v) is 5.89. The van der Waals surface area contributed by atoms with Crippen molar-refractivity contribution < 1.29 is 13.9 Å². The highest BCUT2D eigenvalue weighted by Crippen LogP contribution is 2.13. The summed E-state index contributed by atoms with van der Waals surface area (Å²) in [4.78, 5) is 11.6. The van der Waals surface area contributed by atoms with Crippen LogP contribution in [0, 0.1) is 5.82 Å². The molecule has 0 aromatic heterocycles. The summed E-state index contributed by atoms with van der Waals surface area (Å²) in [6, 6.07) is 13.3. The van der Waals surface area contributed by atoms with Gasteiger partial charge >= 0.3 is 5.97 Å². The second-order valence-electron chi connectivity index (χ2n) is 4.13. The molecule has 0 aliphatic heterocycles. The SMILES string of the molecule is Nc1ccccc1CC(=O)OCc1ccccc1F. The molecule has 0 fully saturated rings. The number of nitrogen functional groups attached to an aromatic ring is 1. The van der Waals surface area contributed by atoms with Gasteiger partial charge in [-0.2, -0.15) is 0 Å². The molecular weight excluding hydrogens is 245 g/mol. The van der Waals surface area contributed by atoms with Gasteiger partial charge in [0, 0.05) is 11.3 Å². The fourth-order valence-corrected chi connectivity index (χ4v) is 1.68. The molecule has 2 N–H and O–H groups in total. The quantitative estimate of drug-likeness (QED) is 0.678. The van der Waals surface area contributed by atoms with Gasteiger partial charge in [-0.3, -0.25) is 4.79 Å². The molecule has 2 aromatic carbocycles. The standard InChI is InChI=1S/C15H14FNO2/c16-13-7-3-1-6-12(13)10-19-15(18)9-11-5-2-4-8-14(11)17/h1-8H,9-10,17H2. The molecular formula is C15H14FNO2.